The minimum absolute atomic E-state index is 0.0275. The van der Waals surface area contributed by atoms with Gasteiger partial charge < -0.3 is 20.1 Å². The summed E-state index contributed by atoms with van der Waals surface area (Å²) in [6, 6.07) is 7.33. The maximum Gasteiger partial charge on any atom is 0.257 e. The highest BCUT2D eigenvalue weighted by atomic mass is 16.5. The van der Waals surface area contributed by atoms with E-state index >= 15 is 0 Å². The molecule has 1 fully saturated rings. The monoisotopic (exact) mass is 278 g/mol. The van der Waals surface area contributed by atoms with E-state index in [0.717, 1.165) is 12.8 Å². The number of carbonyl (C=O) groups is 1. The fourth-order valence-electron chi connectivity index (χ4n) is 2.45. The van der Waals surface area contributed by atoms with Crippen molar-refractivity contribution in [1.29, 1.82) is 0 Å². The number of carbonyl (C=O) groups excluding carboxylic acids is 1. The molecular formula is C15H22N2O3. The van der Waals surface area contributed by atoms with E-state index in [2.05, 4.69) is 0 Å². The summed E-state index contributed by atoms with van der Waals surface area (Å²) in [5.41, 5.74) is 6.05. The molecule has 1 aromatic carbocycles. The van der Waals surface area contributed by atoms with Gasteiger partial charge in [-0.1, -0.05) is 12.1 Å². The number of nitrogens with zero attached hydrogens (tertiary/aromatic N) is 1. The average Bonchev–Trinajstić information content (AvgIpc) is 2.52. The van der Waals surface area contributed by atoms with Crippen LogP contribution in [0, 0.1) is 0 Å². The summed E-state index contributed by atoms with van der Waals surface area (Å²) in [5, 5.41) is 0. The first-order valence-electron chi connectivity index (χ1n) is 7.00. The van der Waals surface area contributed by atoms with Crippen LogP contribution in [0.1, 0.15) is 23.2 Å². The summed E-state index contributed by atoms with van der Waals surface area (Å²) in [5.74, 6) is 0.652. The Labute approximate surface area is 119 Å². The molecular weight excluding hydrogens is 256 g/mol. The highest BCUT2D eigenvalue weighted by Gasteiger charge is 2.25. The lowest BCUT2D eigenvalue weighted by atomic mass is 10.1. The molecule has 0 spiro atoms. The van der Waals surface area contributed by atoms with Crippen LogP contribution in [0.4, 0.5) is 0 Å². The summed E-state index contributed by atoms with van der Waals surface area (Å²) >= 11 is 0. The van der Waals surface area contributed by atoms with Crippen molar-refractivity contribution in [2.45, 2.75) is 18.9 Å². The largest absolute Gasteiger partial charge is 0.496 e. The molecule has 0 unspecified atom stereocenters. The zero-order chi connectivity index (χ0) is 14.4. The van der Waals surface area contributed by atoms with E-state index in [-0.39, 0.29) is 12.0 Å². The number of rotatable bonds is 5. The number of methoxy groups -OCH3 is 1. The van der Waals surface area contributed by atoms with Gasteiger partial charge in [-0.3, -0.25) is 4.79 Å². The zero-order valence-electron chi connectivity index (χ0n) is 11.9. The van der Waals surface area contributed by atoms with Crippen LogP contribution in [-0.4, -0.2) is 50.3 Å². The second-order valence-corrected chi connectivity index (χ2v) is 4.85. The molecule has 110 valence electrons. The molecule has 0 aromatic heterocycles. The molecule has 5 nitrogen and oxygen atoms in total. The van der Waals surface area contributed by atoms with Crippen LogP contribution in [0.25, 0.3) is 0 Å². The summed E-state index contributed by atoms with van der Waals surface area (Å²) in [4.78, 5) is 14.3. The van der Waals surface area contributed by atoms with Gasteiger partial charge in [0.25, 0.3) is 5.91 Å². The van der Waals surface area contributed by atoms with Gasteiger partial charge in [0.05, 0.1) is 25.4 Å². The van der Waals surface area contributed by atoms with Gasteiger partial charge in [0.1, 0.15) is 5.75 Å². The lowest BCUT2D eigenvalue weighted by Gasteiger charge is -2.32. The van der Waals surface area contributed by atoms with Crippen molar-refractivity contribution in [3.05, 3.63) is 29.8 Å². The number of para-hydroxylation sites is 1. The average molecular weight is 278 g/mol. The Morgan fingerprint density at radius 3 is 2.70 bits per heavy atom. The molecule has 2 rings (SSSR count). The van der Waals surface area contributed by atoms with Gasteiger partial charge in [-0.2, -0.15) is 0 Å². The molecule has 0 radical (unpaired) electrons. The van der Waals surface area contributed by atoms with Crippen LogP contribution in [0.15, 0.2) is 24.3 Å². The molecule has 1 heterocycles. The van der Waals surface area contributed by atoms with E-state index in [1.807, 2.05) is 23.1 Å². The second-order valence-electron chi connectivity index (χ2n) is 4.85. The van der Waals surface area contributed by atoms with Crippen molar-refractivity contribution in [2.24, 2.45) is 5.73 Å². The number of benzene rings is 1. The Morgan fingerprint density at radius 1 is 1.35 bits per heavy atom. The first kappa shape index (κ1) is 14.8. The zero-order valence-corrected chi connectivity index (χ0v) is 11.9. The highest BCUT2D eigenvalue weighted by Crippen LogP contribution is 2.22. The number of likely N-dealkylation sites (tertiary alicyclic amines) is 1. The molecule has 0 saturated carbocycles. The molecule has 1 aliphatic heterocycles. The molecule has 1 amide bonds. The third-order valence-electron chi connectivity index (χ3n) is 3.54. The quantitative estimate of drug-likeness (QED) is 0.881. The predicted octanol–water partition coefficient (Wildman–Crippen LogP) is 1.28. The fourth-order valence-corrected chi connectivity index (χ4v) is 2.45. The number of amides is 1. The highest BCUT2D eigenvalue weighted by molar-refractivity contribution is 5.97. The number of piperidine rings is 1. The van der Waals surface area contributed by atoms with E-state index in [4.69, 9.17) is 15.2 Å². The standard InChI is InChI=1S/C15H22N2O3/c1-19-14-5-3-2-4-13(14)15(18)17-9-6-12(7-10-17)20-11-8-16/h2-5,12H,6-11,16H2,1H3. The van der Waals surface area contributed by atoms with Crippen molar-refractivity contribution in [3.8, 4) is 5.75 Å². The number of hydrogen-bond acceptors (Lipinski definition) is 4. The van der Waals surface area contributed by atoms with Gasteiger partial charge in [-0.25, -0.2) is 0 Å². The SMILES string of the molecule is COc1ccccc1C(=O)N1CCC(OCCN)CC1. The third-order valence-corrected chi connectivity index (χ3v) is 3.54. The molecule has 1 aromatic rings. The summed E-state index contributed by atoms with van der Waals surface area (Å²) in [7, 11) is 1.58. The Bertz CT molecular complexity index is 442. The van der Waals surface area contributed by atoms with Crippen LogP contribution < -0.4 is 10.5 Å². The van der Waals surface area contributed by atoms with E-state index in [0.29, 0.717) is 37.6 Å². The van der Waals surface area contributed by atoms with Crippen LogP contribution in [0.5, 0.6) is 5.75 Å². The van der Waals surface area contributed by atoms with Crippen LogP contribution in [-0.2, 0) is 4.74 Å². The van der Waals surface area contributed by atoms with Gasteiger partial charge >= 0.3 is 0 Å². The number of nitrogens with two attached hydrogens (primary N) is 1. The predicted molar refractivity (Wildman–Crippen MR) is 76.9 cm³/mol. The smallest absolute Gasteiger partial charge is 0.257 e. The van der Waals surface area contributed by atoms with E-state index < -0.39 is 0 Å². The molecule has 0 aliphatic carbocycles. The van der Waals surface area contributed by atoms with Gasteiger partial charge in [0, 0.05) is 19.6 Å². The normalized spacial score (nSPS) is 16.2. The minimum Gasteiger partial charge on any atom is -0.496 e. The van der Waals surface area contributed by atoms with Crippen LogP contribution in [0.2, 0.25) is 0 Å². The molecule has 20 heavy (non-hydrogen) atoms. The lowest BCUT2D eigenvalue weighted by molar-refractivity contribution is 0.0121. The van der Waals surface area contributed by atoms with E-state index in [9.17, 15) is 4.79 Å². The number of ether oxygens (including phenoxy) is 2. The molecule has 0 atom stereocenters. The van der Waals surface area contributed by atoms with Crippen molar-refractivity contribution >= 4 is 5.91 Å². The third kappa shape index (κ3) is 3.49. The van der Waals surface area contributed by atoms with Crippen molar-refractivity contribution in [3.63, 3.8) is 0 Å². The minimum atomic E-state index is 0.0275. The van der Waals surface area contributed by atoms with Crippen LogP contribution >= 0.6 is 0 Å². The van der Waals surface area contributed by atoms with Crippen molar-refractivity contribution in [1.82, 2.24) is 4.90 Å². The van der Waals surface area contributed by atoms with Crippen molar-refractivity contribution < 1.29 is 14.3 Å². The topological polar surface area (TPSA) is 64.8 Å². The van der Waals surface area contributed by atoms with Crippen LogP contribution in [0.3, 0.4) is 0 Å². The van der Waals surface area contributed by atoms with E-state index in [1.165, 1.54) is 0 Å². The summed E-state index contributed by atoms with van der Waals surface area (Å²) in [6.45, 7) is 2.56. The Hall–Kier alpha value is -1.59. The van der Waals surface area contributed by atoms with Gasteiger partial charge in [-0.05, 0) is 25.0 Å². The molecule has 0 bridgehead atoms. The molecule has 1 saturated heterocycles. The Balaban J connectivity index is 1.94. The lowest BCUT2D eigenvalue weighted by Crippen LogP contribution is -2.41. The van der Waals surface area contributed by atoms with Gasteiger partial charge in [-0.15, -0.1) is 0 Å². The van der Waals surface area contributed by atoms with E-state index in [1.54, 1.807) is 13.2 Å². The maximum atomic E-state index is 12.5. The second kappa shape index (κ2) is 7.26. The summed E-state index contributed by atoms with van der Waals surface area (Å²) in [6.07, 6.45) is 1.95. The number of hydrogen-bond donors (Lipinski definition) is 1. The Kier molecular flexibility index (Phi) is 5.38. The maximum absolute atomic E-state index is 12.5. The molecule has 5 heteroatoms. The Morgan fingerprint density at radius 2 is 2.05 bits per heavy atom. The van der Waals surface area contributed by atoms with Gasteiger partial charge in [0.15, 0.2) is 0 Å². The summed E-state index contributed by atoms with van der Waals surface area (Å²) < 4.78 is 10.9. The first-order chi connectivity index (χ1) is 9.76. The fraction of sp³-hybridized carbons (Fsp3) is 0.533. The first-order valence-corrected chi connectivity index (χ1v) is 7.00. The molecule has 2 N–H and O–H groups in total. The van der Waals surface area contributed by atoms with Gasteiger partial charge in [0.2, 0.25) is 0 Å². The van der Waals surface area contributed by atoms with Crippen molar-refractivity contribution in [2.75, 3.05) is 33.4 Å². The molecule has 1 aliphatic rings.